The number of aromatic nitrogens is 1. The van der Waals surface area contributed by atoms with Crippen LogP contribution in [0.2, 0.25) is 0 Å². The number of rotatable bonds is 6. The molecule has 106 valence electrons. The first-order valence-corrected chi connectivity index (χ1v) is 7.59. The standard InChI is InChI=1S/C16H18BrFN2/c1-2-9-20-15(11-12-6-3-4-10-19-12)13-7-5-8-14(18)16(13)17/h3-8,10,15,20H,2,9,11H2,1H3. The van der Waals surface area contributed by atoms with Gasteiger partial charge in [-0.2, -0.15) is 0 Å². The molecule has 0 spiro atoms. The van der Waals surface area contributed by atoms with Crippen LogP contribution in [0.3, 0.4) is 0 Å². The molecule has 1 aromatic carbocycles. The highest BCUT2D eigenvalue weighted by atomic mass is 79.9. The van der Waals surface area contributed by atoms with Crippen molar-refractivity contribution in [3.8, 4) is 0 Å². The number of nitrogens with one attached hydrogen (secondary N) is 1. The van der Waals surface area contributed by atoms with Gasteiger partial charge in [-0.3, -0.25) is 4.98 Å². The summed E-state index contributed by atoms with van der Waals surface area (Å²) in [5.41, 5.74) is 1.93. The van der Waals surface area contributed by atoms with Gasteiger partial charge in [0.25, 0.3) is 0 Å². The van der Waals surface area contributed by atoms with Gasteiger partial charge in [0.05, 0.1) is 4.47 Å². The molecule has 0 aliphatic carbocycles. The smallest absolute Gasteiger partial charge is 0.137 e. The molecule has 20 heavy (non-hydrogen) atoms. The summed E-state index contributed by atoms with van der Waals surface area (Å²) < 4.78 is 14.2. The summed E-state index contributed by atoms with van der Waals surface area (Å²) in [5.74, 6) is -0.230. The van der Waals surface area contributed by atoms with Crippen molar-refractivity contribution in [3.63, 3.8) is 0 Å². The first kappa shape index (κ1) is 15.1. The first-order valence-electron chi connectivity index (χ1n) is 6.79. The molecule has 2 nitrogen and oxygen atoms in total. The van der Waals surface area contributed by atoms with Crippen molar-refractivity contribution in [2.45, 2.75) is 25.8 Å². The third kappa shape index (κ3) is 3.87. The van der Waals surface area contributed by atoms with Gasteiger partial charge in [0, 0.05) is 24.4 Å². The summed E-state index contributed by atoms with van der Waals surface area (Å²) in [5, 5.41) is 3.47. The molecule has 1 aromatic heterocycles. The summed E-state index contributed by atoms with van der Waals surface area (Å²) in [7, 11) is 0. The number of halogens is 2. The molecular weight excluding hydrogens is 319 g/mol. The Morgan fingerprint density at radius 2 is 2.10 bits per heavy atom. The largest absolute Gasteiger partial charge is 0.310 e. The maximum absolute atomic E-state index is 13.7. The van der Waals surface area contributed by atoms with E-state index in [0.717, 1.165) is 30.6 Å². The van der Waals surface area contributed by atoms with Crippen LogP contribution in [-0.4, -0.2) is 11.5 Å². The summed E-state index contributed by atoms with van der Waals surface area (Å²) in [6.07, 6.45) is 3.56. The number of hydrogen-bond donors (Lipinski definition) is 1. The highest BCUT2D eigenvalue weighted by molar-refractivity contribution is 9.10. The molecule has 0 saturated heterocycles. The highest BCUT2D eigenvalue weighted by Crippen LogP contribution is 2.28. The second kappa shape index (κ2) is 7.50. The quantitative estimate of drug-likeness (QED) is 0.852. The van der Waals surface area contributed by atoms with Crippen LogP contribution in [0.5, 0.6) is 0 Å². The van der Waals surface area contributed by atoms with Crippen molar-refractivity contribution in [2.24, 2.45) is 0 Å². The molecule has 0 fully saturated rings. The highest BCUT2D eigenvalue weighted by Gasteiger charge is 2.17. The molecule has 1 atom stereocenters. The van der Waals surface area contributed by atoms with Gasteiger partial charge in [0.2, 0.25) is 0 Å². The first-order chi connectivity index (χ1) is 9.72. The van der Waals surface area contributed by atoms with Crippen LogP contribution in [-0.2, 0) is 6.42 Å². The average molecular weight is 337 g/mol. The molecule has 1 N–H and O–H groups in total. The van der Waals surface area contributed by atoms with Crippen molar-refractivity contribution in [1.82, 2.24) is 10.3 Å². The van der Waals surface area contributed by atoms with E-state index in [1.54, 1.807) is 12.3 Å². The third-order valence-electron chi connectivity index (χ3n) is 3.14. The lowest BCUT2D eigenvalue weighted by atomic mass is 10.0. The fourth-order valence-corrected chi connectivity index (χ4v) is 2.67. The molecule has 0 bridgehead atoms. The monoisotopic (exact) mass is 336 g/mol. The van der Waals surface area contributed by atoms with Gasteiger partial charge in [-0.25, -0.2) is 4.39 Å². The van der Waals surface area contributed by atoms with E-state index >= 15 is 0 Å². The van der Waals surface area contributed by atoms with E-state index in [-0.39, 0.29) is 11.9 Å². The van der Waals surface area contributed by atoms with Crippen molar-refractivity contribution in [3.05, 3.63) is 64.1 Å². The topological polar surface area (TPSA) is 24.9 Å². The molecule has 0 saturated carbocycles. The van der Waals surface area contributed by atoms with Gasteiger partial charge < -0.3 is 5.32 Å². The number of benzene rings is 1. The van der Waals surface area contributed by atoms with Crippen LogP contribution in [0.4, 0.5) is 4.39 Å². The average Bonchev–Trinajstić information content (AvgIpc) is 2.48. The summed E-state index contributed by atoms with van der Waals surface area (Å²) in [6, 6.07) is 11.1. The van der Waals surface area contributed by atoms with Crippen molar-refractivity contribution in [1.29, 1.82) is 0 Å². The molecule has 0 radical (unpaired) electrons. The second-order valence-corrected chi connectivity index (χ2v) is 5.47. The lowest BCUT2D eigenvalue weighted by Crippen LogP contribution is -2.25. The zero-order valence-corrected chi connectivity index (χ0v) is 13.0. The molecule has 1 unspecified atom stereocenters. The van der Waals surface area contributed by atoms with E-state index in [4.69, 9.17) is 0 Å². The zero-order chi connectivity index (χ0) is 14.4. The van der Waals surface area contributed by atoms with E-state index in [2.05, 4.69) is 33.2 Å². The van der Waals surface area contributed by atoms with Crippen LogP contribution < -0.4 is 5.32 Å². The molecular formula is C16H18BrFN2. The summed E-state index contributed by atoms with van der Waals surface area (Å²) in [6.45, 7) is 3.01. The second-order valence-electron chi connectivity index (χ2n) is 4.67. The van der Waals surface area contributed by atoms with Crippen molar-refractivity contribution >= 4 is 15.9 Å². The Bertz CT molecular complexity index is 545. The minimum atomic E-state index is -0.230. The summed E-state index contributed by atoms with van der Waals surface area (Å²) >= 11 is 3.35. The SMILES string of the molecule is CCCNC(Cc1ccccn1)c1cccc(F)c1Br. The van der Waals surface area contributed by atoms with Gasteiger partial charge in [-0.05, 0) is 52.7 Å². The molecule has 0 amide bonds. The summed E-state index contributed by atoms with van der Waals surface area (Å²) in [4.78, 5) is 4.36. The Balaban J connectivity index is 2.25. The van der Waals surface area contributed by atoms with E-state index in [9.17, 15) is 4.39 Å². The predicted molar refractivity (Wildman–Crippen MR) is 83.1 cm³/mol. The Kier molecular flexibility index (Phi) is 5.68. The minimum Gasteiger partial charge on any atom is -0.310 e. The maximum atomic E-state index is 13.7. The Hall–Kier alpha value is -1.26. The van der Waals surface area contributed by atoms with Gasteiger partial charge in [0.1, 0.15) is 5.82 Å². The molecule has 2 rings (SSSR count). The number of hydrogen-bond acceptors (Lipinski definition) is 2. The number of nitrogens with zero attached hydrogens (tertiary/aromatic N) is 1. The van der Waals surface area contributed by atoms with Crippen LogP contribution in [0.15, 0.2) is 47.1 Å². The van der Waals surface area contributed by atoms with Crippen LogP contribution >= 0.6 is 15.9 Å². The fourth-order valence-electron chi connectivity index (χ4n) is 2.13. The lowest BCUT2D eigenvalue weighted by Gasteiger charge is -2.20. The molecule has 1 heterocycles. The van der Waals surface area contributed by atoms with Crippen LogP contribution in [0.25, 0.3) is 0 Å². The van der Waals surface area contributed by atoms with Gasteiger partial charge in [-0.1, -0.05) is 25.1 Å². The molecule has 0 aliphatic rings. The molecule has 0 aliphatic heterocycles. The van der Waals surface area contributed by atoms with Gasteiger partial charge in [0.15, 0.2) is 0 Å². The number of pyridine rings is 1. The van der Waals surface area contributed by atoms with E-state index in [0.29, 0.717) is 4.47 Å². The van der Waals surface area contributed by atoms with Crippen molar-refractivity contribution in [2.75, 3.05) is 6.54 Å². The van der Waals surface area contributed by atoms with E-state index < -0.39 is 0 Å². The fraction of sp³-hybridized carbons (Fsp3) is 0.312. The van der Waals surface area contributed by atoms with Gasteiger partial charge in [-0.15, -0.1) is 0 Å². The third-order valence-corrected chi connectivity index (χ3v) is 3.97. The molecule has 2 aromatic rings. The lowest BCUT2D eigenvalue weighted by molar-refractivity contribution is 0.516. The van der Waals surface area contributed by atoms with E-state index in [1.165, 1.54) is 6.07 Å². The maximum Gasteiger partial charge on any atom is 0.137 e. The predicted octanol–water partition coefficient (Wildman–Crippen LogP) is 4.27. The van der Waals surface area contributed by atoms with Crippen LogP contribution in [0.1, 0.15) is 30.6 Å². The van der Waals surface area contributed by atoms with Crippen molar-refractivity contribution < 1.29 is 4.39 Å². The Morgan fingerprint density at radius 1 is 1.25 bits per heavy atom. The van der Waals surface area contributed by atoms with Gasteiger partial charge >= 0.3 is 0 Å². The van der Waals surface area contributed by atoms with E-state index in [1.807, 2.05) is 24.3 Å². The zero-order valence-electron chi connectivity index (χ0n) is 11.4. The Labute approximate surface area is 127 Å². The van der Waals surface area contributed by atoms with Crippen LogP contribution in [0, 0.1) is 5.82 Å². The normalized spacial score (nSPS) is 12.3. The Morgan fingerprint density at radius 3 is 2.80 bits per heavy atom. The molecule has 4 heteroatoms. The minimum absolute atomic E-state index is 0.0509.